The molecule has 0 saturated heterocycles. The molecule has 0 unspecified atom stereocenters. The van der Waals surface area contributed by atoms with Gasteiger partial charge in [-0.15, -0.1) is 0 Å². The van der Waals surface area contributed by atoms with Crippen LogP contribution < -0.4 is 4.98 Å². The third-order valence-corrected chi connectivity index (χ3v) is 1.98. The fourth-order valence-electron chi connectivity index (χ4n) is 0.962. The van der Waals surface area contributed by atoms with Gasteiger partial charge in [0.05, 0.1) is 0 Å². The molecule has 0 saturated carbocycles. The van der Waals surface area contributed by atoms with E-state index in [1.807, 2.05) is 0 Å². The fourth-order valence-corrected chi connectivity index (χ4v) is 0.962. The molecule has 0 fully saturated rings. The smallest absolute Gasteiger partial charge is 0 e. The van der Waals surface area contributed by atoms with Crippen LogP contribution in [0, 0.1) is 27.7 Å². The first-order valence-corrected chi connectivity index (χ1v) is 3.20. The summed E-state index contributed by atoms with van der Waals surface area (Å²) in [6, 6.07) is 0. The summed E-state index contributed by atoms with van der Waals surface area (Å²) in [6.45, 7) is 8.33. The van der Waals surface area contributed by atoms with Gasteiger partial charge < -0.3 is 4.98 Å². The van der Waals surface area contributed by atoms with Crippen LogP contribution >= 0.6 is 0 Å². The number of hydrogen-bond acceptors (Lipinski definition) is 0. The number of nitrogens with zero attached hydrogens (tertiary/aromatic N) is 1. The summed E-state index contributed by atoms with van der Waals surface area (Å²) in [5, 5.41) is 0. The van der Waals surface area contributed by atoms with Crippen molar-refractivity contribution < 1.29 is 26.2 Å². The number of aryl methyl sites for hydroxylation is 2. The van der Waals surface area contributed by atoms with Crippen molar-refractivity contribution >= 4 is 0 Å². The van der Waals surface area contributed by atoms with Crippen LogP contribution in [0.4, 0.5) is 0 Å². The van der Waals surface area contributed by atoms with Crippen molar-refractivity contribution in [2.75, 3.05) is 0 Å². The van der Waals surface area contributed by atoms with Gasteiger partial charge in [-0.1, -0.05) is 25.0 Å². The van der Waals surface area contributed by atoms with Crippen molar-refractivity contribution in [1.82, 2.24) is 4.98 Å². The van der Waals surface area contributed by atoms with Crippen LogP contribution in [-0.2, 0) is 26.2 Å². The van der Waals surface area contributed by atoms with E-state index in [1.165, 1.54) is 22.5 Å². The molecule has 2 heteroatoms. The van der Waals surface area contributed by atoms with Crippen molar-refractivity contribution in [3.63, 3.8) is 0 Å². The Kier molecular flexibility index (Phi) is 3.58. The molecular formula is C8H12NZr-. The van der Waals surface area contributed by atoms with Crippen LogP contribution in [0.2, 0.25) is 0 Å². The first-order valence-electron chi connectivity index (χ1n) is 3.20. The summed E-state index contributed by atoms with van der Waals surface area (Å²) < 4.78 is 0. The number of rotatable bonds is 0. The molecule has 0 aliphatic heterocycles. The molecule has 0 radical (unpaired) electrons. The molecule has 1 nitrogen and oxygen atoms in total. The first kappa shape index (κ1) is 10.2. The van der Waals surface area contributed by atoms with Gasteiger partial charge >= 0.3 is 0 Å². The Hall–Kier alpha value is 0.163. The molecule has 0 aliphatic carbocycles. The Labute approximate surface area is 81.3 Å². The molecule has 1 rings (SSSR count). The van der Waals surface area contributed by atoms with Crippen LogP contribution in [-0.4, -0.2) is 0 Å². The van der Waals surface area contributed by atoms with E-state index in [4.69, 9.17) is 0 Å². The third-order valence-electron chi connectivity index (χ3n) is 1.98. The topological polar surface area (TPSA) is 14.1 Å². The van der Waals surface area contributed by atoms with Gasteiger partial charge in [-0.2, -0.15) is 11.4 Å². The van der Waals surface area contributed by atoms with Crippen LogP contribution in [0.5, 0.6) is 0 Å². The molecule has 1 aromatic rings. The minimum absolute atomic E-state index is 0. The zero-order valence-corrected chi connectivity index (χ0v) is 9.41. The maximum atomic E-state index is 4.31. The van der Waals surface area contributed by atoms with E-state index in [2.05, 4.69) is 32.7 Å². The summed E-state index contributed by atoms with van der Waals surface area (Å²) in [6.07, 6.45) is 0. The molecule has 0 bridgehead atoms. The predicted molar refractivity (Wildman–Crippen MR) is 38.7 cm³/mol. The van der Waals surface area contributed by atoms with E-state index >= 15 is 0 Å². The normalized spacial score (nSPS) is 9.20. The van der Waals surface area contributed by atoms with Gasteiger partial charge in [-0.05, 0) is 13.8 Å². The standard InChI is InChI=1S/C8H12N.Zr/c1-5-6(2)8(4)9-7(5)3;/h1-4H3;/q-1;. The third kappa shape index (κ3) is 1.60. The van der Waals surface area contributed by atoms with Crippen molar-refractivity contribution in [2.24, 2.45) is 0 Å². The second kappa shape index (κ2) is 3.52. The van der Waals surface area contributed by atoms with Crippen LogP contribution in [0.15, 0.2) is 0 Å². The van der Waals surface area contributed by atoms with E-state index < -0.39 is 0 Å². The number of hydrogen-bond donors (Lipinski definition) is 0. The average Bonchev–Trinajstić information content (AvgIpc) is 1.98. The summed E-state index contributed by atoms with van der Waals surface area (Å²) in [7, 11) is 0. The largest absolute Gasteiger partial charge is 0.665 e. The van der Waals surface area contributed by atoms with Crippen molar-refractivity contribution in [1.29, 1.82) is 0 Å². The summed E-state index contributed by atoms with van der Waals surface area (Å²) in [5.41, 5.74) is 5.02. The molecule has 0 N–H and O–H groups in total. The van der Waals surface area contributed by atoms with Gasteiger partial charge in [0, 0.05) is 26.2 Å². The summed E-state index contributed by atoms with van der Waals surface area (Å²) in [4.78, 5) is 4.31. The Bertz CT molecular complexity index is 203. The van der Waals surface area contributed by atoms with Crippen molar-refractivity contribution in [3.8, 4) is 0 Å². The predicted octanol–water partition coefficient (Wildman–Crippen LogP) is 1.87. The van der Waals surface area contributed by atoms with Gasteiger partial charge in [0.1, 0.15) is 0 Å². The second-order valence-electron chi connectivity index (χ2n) is 2.53. The van der Waals surface area contributed by atoms with Crippen molar-refractivity contribution in [3.05, 3.63) is 22.5 Å². The zero-order valence-electron chi connectivity index (χ0n) is 6.95. The van der Waals surface area contributed by atoms with Crippen LogP contribution in [0.3, 0.4) is 0 Å². The van der Waals surface area contributed by atoms with E-state index in [0.29, 0.717) is 0 Å². The van der Waals surface area contributed by atoms with Gasteiger partial charge in [-0.25, -0.2) is 0 Å². The Balaban J connectivity index is 0.000000810. The maximum absolute atomic E-state index is 4.31. The molecule has 0 atom stereocenters. The SMILES string of the molecule is Cc1[n-]c(C)c(C)c1C.[Zr]. The molecule has 1 heterocycles. The van der Waals surface area contributed by atoms with E-state index in [9.17, 15) is 0 Å². The molecular weight excluding hydrogens is 201 g/mol. The molecule has 0 aliphatic rings. The van der Waals surface area contributed by atoms with E-state index in [0.717, 1.165) is 0 Å². The van der Waals surface area contributed by atoms with Gasteiger partial charge in [-0.3, -0.25) is 0 Å². The Morgan fingerprint density at radius 3 is 1.20 bits per heavy atom. The second-order valence-corrected chi connectivity index (χ2v) is 2.53. The molecule has 0 amide bonds. The van der Waals surface area contributed by atoms with Gasteiger partial charge in [0.25, 0.3) is 0 Å². The Morgan fingerprint density at radius 1 is 0.800 bits per heavy atom. The number of aromatic nitrogens is 1. The quantitative estimate of drug-likeness (QED) is 0.642. The molecule has 54 valence electrons. The monoisotopic (exact) mass is 212 g/mol. The van der Waals surface area contributed by atoms with E-state index in [-0.39, 0.29) is 26.2 Å². The summed E-state index contributed by atoms with van der Waals surface area (Å²) >= 11 is 0. The minimum atomic E-state index is 0. The minimum Gasteiger partial charge on any atom is -0.665 e. The first-order chi connectivity index (χ1) is 4.13. The maximum Gasteiger partial charge on any atom is 0 e. The van der Waals surface area contributed by atoms with Gasteiger partial charge in [0.2, 0.25) is 0 Å². The summed E-state index contributed by atoms with van der Waals surface area (Å²) in [5.74, 6) is 0. The van der Waals surface area contributed by atoms with E-state index in [1.54, 1.807) is 0 Å². The molecule has 0 aromatic carbocycles. The van der Waals surface area contributed by atoms with Crippen molar-refractivity contribution in [2.45, 2.75) is 27.7 Å². The molecule has 1 aromatic heterocycles. The van der Waals surface area contributed by atoms with Crippen LogP contribution in [0.25, 0.3) is 0 Å². The average molecular weight is 213 g/mol. The molecule has 10 heavy (non-hydrogen) atoms. The molecule has 0 spiro atoms. The van der Waals surface area contributed by atoms with Crippen LogP contribution in [0.1, 0.15) is 22.5 Å². The zero-order chi connectivity index (χ0) is 7.02. The fraction of sp³-hybridized carbons (Fsp3) is 0.500. The van der Waals surface area contributed by atoms with Gasteiger partial charge in [0.15, 0.2) is 0 Å². The Morgan fingerprint density at radius 2 is 1.10 bits per heavy atom.